The maximum atomic E-state index is 14.7. The van der Waals surface area contributed by atoms with E-state index in [-0.39, 0.29) is 16.4 Å². The summed E-state index contributed by atoms with van der Waals surface area (Å²) in [4.78, 5) is 0. The van der Waals surface area contributed by atoms with Gasteiger partial charge in [0.15, 0.2) is 0 Å². The fourth-order valence-electron chi connectivity index (χ4n) is 2.02. The van der Waals surface area contributed by atoms with Crippen molar-refractivity contribution >= 4 is 19.7 Å². The molecule has 3 nitrogen and oxygen atoms in total. The lowest BCUT2D eigenvalue weighted by Crippen LogP contribution is -2.44. The van der Waals surface area contributed by atoms with Crippen LogP contribution in [0, 0.1) is 5.82 Å². The Morgan fingerprint density at radius 2 is 1.56 bits per heavy atom. The van der Waals surface area contributed by atoms with Crippen LogP contribution in [0.1, 0.15) is 72.1 Å². The Balaban J connectivity index is 3.34. The van der Waals surface area contributed by atoms with Crippen LogP contribution >= 0.6 is 0 Å². The highest BCUT2D eigenvalue weighted by molar-refractivity contribution is 7.90. The first-order valence-corrected chi connectivity index (χ1v) is 13.0. The monoisotopic (exact) mass is 423 g/mol. The minimum atomic E-state index is -2.97. The third-order valence-corrected chi connectivity index (χ3v) is 10.9. The number of halogens is 3. The standard InChI is InChI=1S/C19H32F3NO2SSi/c1-12(23-26(24)18(2,3)4)14-10-13(11-15(16(14)20)17(21)22)25-27(8,9)19(5,6)7/h10-12,17,23H,1-9H3/t12?,26-/m1/s1. The Bertz CT molecular complexity index is 658. The molecule has 0 aliphatic rings. The maximum absolute atomic E-state index is 14.7. The summed E-state index contributed by atoms with van der Waals surface area (Å²) in [5.41, 5.74) is -0.671. The molecule has 1 N–H and O–H groups in total. The molecule has 0 aliphatic heterocycles. The summed E-state index contributed by atoms with van der Waals surface area (Å²) in [7, 11) is -2.29. The van der Waals surface area contributed by atoms with Crippen LogP contribution in [0.15, 0.2) is 12.1 Å². The average molecular weight is 424 g/mol. The molecule has 0 saturated carbocycles. The van der Waals surface area contributed by atoms with E-state index < -0.39 is 48.3 Å². The number of hydrogen-bond acceptors (Lipinski definition) is 3. The van der Waals surface area contributed by atoms with Gasteiger partial charge in [-0.1, -0.05) is 20.8 Å². The van der Waals surface area contributed by atoms with Crippen molar-refractivity contribution in [3.8, 4) is 5.75 Å². The molecule has 156 valence electrons. The van der Waals surface area contributed by atoms with Gasteiger partial charge in [0.2, 0.25) is 8.32 Å². The summed E-state index contributed by atoms with van der Waals surface area (Å²) in [5.74, 6) is -0.762. The van der Waals surface area contributed by atoms with Crippen molar-refractivity contribution in [3.05, 3.63) is 29.1 Å². The van der Waals surface area contributed by atoms with Crippen molar-refractivity contribution in [1.29, 1.82) is 0 Å². The van der Waals surface area contributed by atoms with E-state index in [4.69, 9.17) is 4.43 Å². The number of hydrogen-bond donors (Lipinski definition) is 1. The lowest BCUT2D eigenvalue weighted by molar-refractivity contribution is 0.145. The Hall–Kier alpha value is -0.703. The maximum Gasteiger partial charge on any atom is 0.266 e. The molecule has 0 fully saturated rings. The fourth-order valence-corrected chi connectivity index (χ4v) is 3.84. The quantitative estimate of drug-likeness (QED) is 0.434. The van der Waals surface area contributed by atoms with Crippen LogP contribution in [0.2, 0.25) is 18.1 Å². The van der Waals surface area contributed by atoms with E-state index in [1.165, 1.54) is 6.07 Å². The molecule has 0 aromatic heterocycles. The Labute approximate surface area is 165 Å². The van der Waals surface area contributed by atoms with Gasteiger partial charge < -0.3 is 8.98 Å². The molecule has 1 rings (SSSR count). The van der Waals surface area contributed by atoms with E-state index in [9.17, 15) is 17.7 Å². The summed E-state index contributed by atoms with van der Waals surface area (Å²) in [6.07, 6.45) is -2.97. The Kier molecular flexibility index (Phi) is 7.52. The topological polar surface area (TPSA) is 44.3 Å². The van der Waals surface area contributed by atoms with Gasteiger partial charge in [-0.05, 0) is 58.0 Å². The zero-order valence-corrected chi connectivity index (χ0v) is 19.5. The number of alkyl halides is 2. The van der Waals surface area contributed by atoms with Crippen molar-refractivity contribution in [1.82, 2.24) is 4.72 Å². The van der Waals surface area contributed by atoms with Crippen LogP contribution < -0.4 is 9.15 Å². The van der Waals surface area contributed by atoms with Gasteiger partial charge in [0, 0.05) is 16.9 Å². The molecule has 1 unspecified atom stereocenters. The molecule has 0 amide bonds. The molecule has 0 heterocycles. The first kappa shape index (κ1) is 24.3. The molecule has 2 atom stereocenters. The molecule has 0 saturated heterocycles. The van der Waals surface area contributed by atoms with Crippen molar-refractivity contribution in [2.45, 2.75) is 83.8 Å². The lowest BCUT2D eigenvalue weighted by atomic mass is 10.0. The highest BCUT2D eigenvalue weighted by atomic mass is 32.2. The largest absolute Gasteiger partial charge is 0.598 e. The predicted molar refractivity (Wildman–Crippen MR) is 109 cm³/mol. The van der Waals surface area contributed by atoms with Crippen LogP contribution in [0.25, 0.3) is 0 Å². The van der Waals surface area contributed by atoms with Crippen LogP contribution in [0.3, 0.4) is 0 Å². The van der Waals surface area contributed by atoms with Crippen molar-refractivity contribution < 1.29 is 22.2 Å². The van der Waals surface area contributed by atoms with Crippen LogP contribution in [-0.2, 0) is 11.4 Å². The zero-order valence-electron chi connectivity index (χ0n) is 17.7. The van der Waals surface area contributed by atoms with Crippen LogP contribution in [0.4, 0.5) is 13.2 Å². The highest BCUT2D eigenvalue weighted by Crippen LogP contribution is 2.39. The lowest BCUT2D eigenvalue weighted by Gasteiger charge is -2.36. The molecule has 27 heavy (non-hydrogen) atoms. The molecule has 8 heteroatoms. The molecule has 0 aliphatic carbocycles. The van der Waals surface area contributed by atoms with Crippen molar-refractivity contribution in [2.24, 2.45) is 0 Å². The summed E-state index contributed by atoms with van der Waals surface area (Å²) in [6, 6.07) is 1.81. The molecule has 1 aromatic carbocycles. The second-order valence-corrected chi connectivity index (χ2v) is 16.0. The summed E-state index contributed by atoms with van der Waals surface area (Å²) in [6.45, 7) is 17.0. The molecule has 0 bridgehead atoms. The molecular weight excluding hydrogens is 391 g/mol. The molecule has 1 aromatic rings. The third-order valence-electron chi connectivity index (χ3n) is 4.82. The van der Waals surface area contributed by atoms with E-state index in [1.807, 2.05) is 33.9 Å². The fraction of sp³-hybridized carbons (Fsp3) is 0.684. The first-order chi connectivity index (χ1) is 12.0. The normalized spacial score (nSPS) is 15.8. The van der Waals surface area contributed by atoms with Gasteiger partial charge in [-0.15, -0.1) is 4.72 Å². The number of nitrogens with one attached hydrogen (secondary N) is 1. The van der Waals surface area contributed by atoms with Gasteiger partial charge in [-0.25, -0.2) is 13.2 Å². The minimum Gasteiger partial charge on any atom is -0.598 e. The van der Waals surface area contributed by atoms with Crippen LogP contribution in [0.5, 0.6) is 5.75 Å². The summed E-state index contributed by atoms with van der Waals surface area (Å²) >= 11 is -1.47. The minimum absolute atomic E-state index is 0.0270. The van der Waals surface area contributed by atoms with Gasteiger partial charge in [0.25, 0.3) is 6.43 Å². The smallest absolute Gasteiger partial charge is 0.266 e. The molecule has 0 radical (unpaired) electrons. The van der Waals surface area contributed by atoms with E-state index in [2.05, 4.69) is 4.72 Å². The Morgan fingerprint density at radius 1 is 1.07 bits per heavy atom. The van der Waals surface area contributed by atoms with Crippen molar-refractivity contribution in [2.75, 3.05) is 0 Å². The Morgan fingerprint density at radius 3 is 1.96 bits per heavy atom. The van der Waals surface area contributed by atoms with Gasteiger partial charge in [0.1, 0.15) is 16.3 Å². The summed E-state index contributed by atoms with van der Waals surface area (Å²) < 4.78 is 62.2. The van der Waals surface area contributed by atoms with Gasteiger partial charge in [-0.2, -0.15) is 0 Å². The van der Waals surface area contributed by atoms with E-state index in [0.29, 0.717) is 0 Å². The van der Waals surface area contributed by atoms with Gasteiger partial charge in [0.05, 0.1) is 11.6 Å². The van der Waals surface area contributed by atoms with Crippen molar-refractivity contribution in [3.63, 3.8) is 0 Å². The average Bonchev–Trinajstić information content (AvgIpc) is 2.45. The van der Waals surface area contributed by atoms with E-state index in [1.54, 1.807) is 27.7 Å². The highest BCUT2D eigenvalue weighted by Gasteiger charge is 2.39. The van der Waals surface area contributed by atoms with E-state index in [0.717, 1.165) is 6.07 Å². The van der Waals surface area contributed by atoms with Crippen LogP contribution in [-0.4, -0.2) is 17.6 Å². The number of benzene rings is 1. The van der Waals surface area contributed by atoms with Gasteiger partial charge in [-0.3, -0.25) is 0 Å². The first-order valence-electron chi connectivity index (χ1n) is 8.96. The van der Waals surface area contributed by atoms with E-state index >= 15 is 0 Å². The second kappa shape index (κ2) is 8.35. The second-order valence-electron chi connectivity index (χ2n) is 9.30. The van der Waals surface area contributed by atoms with Gasteiger partial charge >= 0.3 is 0 Å². The SMILES string of the molecule is CC(N[S@+]([O-])C(C)(C)C)c1cc(O[Si](C)(C)C(C)(C)C)cc(C(F)F)c1F. The third kappa shape index (κ3) is 6.14. The zero-order chi connectivity index (χ0) is 21.4. The molecular formula is C19H32F3NO2SSi. The molecule has 0 spiro atoms. The summed E-state index contributed by atoms with van der Waals surface area (Å²) in [5, 5.41) is -0.135. The number of rotatable bonds is 6. The predicted octanol–water partition coefficient (Wildman–Crippen LogP) is 6.26.